The molecule has 2 aromatic rings. The maximum atomic E-state index is 13.9. The Kier molecular flexibility index (Phi) is 5.71. The lowest BCUT2D eigenvalue weighted by Crippen LogP contribution is -2.13. The minimum atomic E-state index is -1.07. The van der Waals surface area contributed by atoms with Gasteiger partial charge in [-0.1, -0.05) is 12.1 Å². The predicted octanol–water partition coefficient (Wildman–Crippen LogP) is 2.24. The molecule has 2 rings (SSSR count). The molecule has 0 amide bonds. The Morgan fingerprint density at radius 3 is 2.86 bits per heavy atom. The number of carbonyl (C=O) groups excluding carboxylic acids is 1. The van der Waals surface area contributed by atoms with Gasteiger partial charge in [0.15, 0.2) is 5.78 Å². The van der Waals surface area contributed by atoms with Gasteiger partial charge < -0.3 is 0 Å². The molecule has 0 aliphatic carbocycles. The Labute approximate surface area is 135 Å². The van der Waals surface area contributed by atoms with E-state index in [4.69, 9.17) is 0 Å². The first-order chi connectivity index (χ1) is 10.1. The van der Waals surface area contributed by atoms with Gasteiger partial charge in [0, 0.05) is 6.42 Å². The van der Waals surface area contributed by atoms with Gasteiger partial charge in [0.2, 0.25) is 0 Å². The fourth-order valence-electron chi connectivity index (χ4n) is 1.77. The van der Waals surface area contributed by atoms with Crippen molar-refractivity contribution in [3.05, 3.63) is 33.4 Å². The molecule has 0 aliphatic heterocycles. The monoisotopic (exact) mass is 403 g/mol. The second kappa shape index (κ2) is 7.53. The fourth-order valence-corrected chi connectivity index (χ4v) is 2.06. The van der Waals surface area contributed by atoms with Crippen molar-refractivity contribution in [3.8, 4) is 0 Å². The molecule has 6 nitrogen and oxygen atoms in total. The number of hydrogen-bond donors (Lipinski definition) is 0. The zero-order valence-electron chi connectivity index (χ0n) is 11.5. The molecule has 0 spiro atoms. The van der Waals surface area contributed by atoms with E-state index in [1.54, 1.807) is 6.92 Å². The van der Waals surface area contributed by atoms with Gasteiger partial charge in [-0.25, -0.2) is 9.07 Å². The number of carbonyl (C=O) groups is 1. The number of aryl methyl sites for hydroxylation is 1. The van der Waals surface area contributed by atoms with Crippen molar-refractivity contribution in [2.75, 3.05) is 0 Å². The van der Waals surface area contributed by atoms with Crippen LogP contribution in [0.5, 0.6) is 0 Å². The molecule has 0 radical (unpaired) electrons. The molecule has 0 saturated heterocycles. The summed E-state index contributed by atoms with van der Waals surface area (Å²) in [6.07, 6.45) is 1.62. The summed E-state index contributed by atoms with van der Waals surface area (Å²) in [5, 5.41) is 15.4. The third-order valence-electron chi connectivity index (χ3n) is 2.93. The van der Waals surface area contributed by atoms with Gasteiger partial charge in [0.1, 0.15) is 15.6 Å². The summed E-state index contributed by atoms with van der Waals surface area (Å²) in [4.78, 5) is 11.4. The highest BCUT2D eigenvalue weighted by Gasteiger charge is 2.13. The van der Waals surface area contributed by atoms with Crippen LogP contribution in [-0.2, 0) is 13.0 Å². The largest absolute Gasteiger partial charge is 0.292 e. The number of Topliss-reactive ketones (excluding diaryl/α,β-unsaturated/α-hetero) is 1. The third kappa shape index (κ3) is 4.80. The van der Waals surface area contributed by atoms with Crippen LogP contribution in [0, 0.1) is 3.70 Å². The number of ketones is 1. The van der Waals surface area contributed by atoms with Crippen molar-refractivity contribution in [1.29, 1.82) is 0 Å². The van der Waals surface area contributed by atoms with Crippen LogP contribution < -0.4 is 0 Å². The van der Waals surface area contributed by atoms with Crippen LogP contribution in [0.3, 0.4) is 0 Å². The fraction of sp³-hybridized carbons (Fsp3) is 0.462. The molecule has 21 heavy (non-hydrogen) atoms. The molecule has 8 heteroatoms. The Hall–Kier alpha value is -1.45. The molecule has 0 N–H and O–H groups in total. The van der Waals surface area contributed by atoms with E-state index in [0.29, 0.717) is 19.3 Å². The lowest BCUT2D eigenvalue weighted by Gasteiger charge is -2.07. The van der Waals surface area contributed by atoms with Gasteiger partial charge in [-0.2, -0.15) is 5.10 Å². The molecule has 0 saturated carbocycles. The normalized spacial score (nSPS) is 12.3. The van der Waals surface area contributed by atoms with E-state index >= 15 is 0 Å². The van der Waals surface area contributed by atoms with Crippen molar-refractivity contribution in [3.63, 3.8) is 0 Å². The van der Waals surface area contributed by atoms with Crippen molar-refractivity contribution in [2.24, 2.45) is 0 Å². The summed E-state index contributed by atoms with van der Waals surface area (Å²) in [6.45, 7) is 1.84. The molecule has 112 valence electrons. The van der Waals surface area contributed by atoms with E-state index in [-0.39, 0.29) is 18.0 Å². The van der Waals surface area contributed by atoms with Gasteiger partial charge in [0.05, 0.1) is 18.4 Å². The lowest BCUT2D eigenvalue weighted by atomic mass is 10.1. The number of nitrogens with zero attached hydrogens (tertiary/aromatic N) is 5. The first-order valence-corrected chi connectivity index (χ1v) is 7.72. The van der Waals surface area contributed by atoms with Crippen molar-refractivity contribution in [2.45, 2.75) is 38.9 Å². The maximum absolute atomic E-state index is 13.9. The van der Waals surface area contributed by atoms with Crippen LogP contribution in [0.1, 0.15) is 35.9 Å². The number of halogens is 2. The first kappa shape index (κ1) is 15.9. The summed E-state index contributed by atoms with van der Waals surface area (Å²) in [6, 6.07) is 3.69. The Morgan fingerprint density at radius 2 is 2.19 bits per heavy atom. The standard InChI is InChI=1S/C13H15FIN5O/c1-2-12(21)11-8-20(19-17-11)7-9(14)3-4-10-5-6-13(15)18-16-10/h5-6,8-9H,2-4,7H2,1H3. The highest BCUT2D eigenvalue weighted by molar-refractivity contribution is 14.1. The van der Waals surface area contributed by atoms with E-state index < -0.39 is 6.17 Å². The third-order valence-corrected chi connectivity index (χ3v) is 3.51. The zero-order chi connectivity index (χ0) is 15.2. The second-order valence-corrected chi connectivity index (χ2v) is 5.69. The van der Waals surface area contributed by atoms with E-state index in [0.717, 1.165) is 9.39 Å². The van der Waals surface area contributed by atoms with Crippen LogP contribution in [-0.4, -0.2) is 37.1 Å². The van der Waals surface area contributed by atoms with Crippen molar-refractivity contribution in [1.82, 2.24) is 25.2 Å². The maximum Gasteiger partial charge on any atom is 0.184 e. The van der Waals surface area contributed by atoms with Crippen LogP contribution in [0.2, 0.25) is 0 Å². The highest BCUT2D eigenvalue weighted by atomic mass is 127. The van der Waals surface area contributed by atoms with Gasteiger partial charge in [-0.3, -0.25) is 4.79 Å². The Balaban J connectivity index is 1.84. The van der Waals surface area contributed by atoms with E-state index in [1.165, 1.54) is 10.9 Å². The van der Waals surface area contributed by atoms with Gasteiger partial charge in [-0.05, 0) is 47.6 Å². The first-order valence-electron chi connectivity index (χ1n) is 6.64. The summed E-state index contributed by atoms with van der Waals surface area (Å²) < 4.78 is 16.1. The molecular weight excluding hydrogens is 388 g/mol. The molecule has 0 aliphatic rings. The minimum Gasteiger partial charge on any atom is -0.292 e. The number of aromatic nitrogens is 5. The molecule has 1 atom stereocenters. The predicted molar refractivity (Wildman–Crippen MR) is 82.6 cm³/mol. The van der Waals surface area contributed by atoms with Gasteiger partial charge in [0.25, 0.3) is 0 Å². The van der Waals surface area contributed by atoms with Crippen LogP contribution in [0.15, 0.2) is 18.3 Å². The van der Waals surface area contributed by atoms with Crippen LogP contribution in [0.25, 0.3) is 0 Å². The summed E-state index contributed by atoms with van der Waals surface area (Å²) in [7, 11) is 0. The van der Waals surface area contributed by atoms with E-state index in [2.05, 4.69) is 43.1 Å². The van der Waals surface area contributed by atoms with Gasteiger partial charge >= 0.3 is 0 Å². The molecule has 1 unspecified atom stereocenters. The molecule has 2 aromatic heterocycles. The van der Waals surface area contributed by atoms with Crippen molar-refractivity contribution < 1.29 is 9.18 Å². The van der Waals surface area contributed by atoms with Gasteiger partial charge in [-0.15, -0.1) is 10.2 Å². The molecule has 0 aromatic carbocycles. The quantitative estimate of drug-likeness (QED) is 0.524. The SMILES string of the molecule is CCC(=O)c1cn(CC(F)CCc2ccc(I)nn2)nn1. The lowest BCUT2D eigenvalue weighted by molar-refractivity contribution is 0.0983. The Bertz CT molecular complexity index is 601. The molecular formula is C13H15FIN5O. The molecule has 0 bridgehead atoms. The number of alkyl halides is 1. The zero-order valence-corrected chi connectivity index (χ0v) is 13.7. The minimum absolute atomic E-state index is 0.0851. The summed E-state index contributed by atoms with van der Waals surface area (Å²) in [5.41, 5.74) is 1.05. The summed E-state index contributed by atoms with van der Waals surface area (Å²) >= 11 is 2.07. The smallest absolute Gasteiger partial charge is 0.184 e. The Morgan fingerprint density at radius 1 is 1.38 bits per heavy atom. The molecule has 0 fully saturated rings. The van der Waals surface area contributed by atoms with Crippen LogP contribution in [0.4, 0.5) is 4.39 Å². The topological polar surface area (TPSA) is 73.6 Å². The average Bonchev–Trinajstić information content (AvgIpc) is 2.94. The number of rotatable bonds is 7. The van der Waals surface area contributed by atoms with E-state index in [9.17, 15) is 9.18 Å². The second-order valence-electron chi connectivity index (χ2n) is 4.59. The van der Waals surface area contributed by atoms with Crippen molar-refractivity contribution >= 4 is 28.4 Å². The molecule has 2 heterocycles. The highest BCUT2D eigenvalue weighted by Crippen LogP contribution is 2.09. The summed E-state index contributed by atoms with van der Waals surface area (Å²) in [5.74, 6) is -0.0918. The van der Waals surface area contributed by atoms with E-state index in [1.807, 2.05) is 12.1 Å². The number of hydrogen-bond acceptors (Lipinski definition) is 5. The van der Waals surface area contributed by atoms with Crippen LogP contribution >= 0.6 is 22.6 Å². The average molecular weight is 403 g/mol.